The topological polar surface area (TPSA) is 35.2 Å². The van der Waals surface area contributed by atoms with Crippen LogP contribution in [-0.2, 0) is 4.74 Å². The van der Waals surface area contributed by atoms with E-state index in [2.05, 4.69) is 4.74 Å². The molecule has 0 aromatic carbocycles. The highest BCUT2D eigenvalue weighted by atomic mass is 19.1. The van der Waals surface area contributed by atoms with Gasteiger partial charge in [0.05, 0.1) is 0 Å². The highest BCUT2D eigenvalue weighted by Crippen LogP contribution is 1.93. The molecule has 44 valence electrons. The van der Waals surface area contributed by atoms with E-state index in [0.717, 1.165) is 0 Å². The Morgan fingerprint density at radius 1 is 1.86 bits per heavy atom. The van der Waals surface area contributed by atoms with E-state index in [9.17, 15) is 4.39 Å². The molecule has 3 heteroatoms. The second-order valence-electron chi connectivity index (χ2n) is 1.22. The first kappa shape index (κ1) is 6.85. The number of nitrogens with two attached hydrogens (primary N) is 1. The van der Waals surface area contributed by atoms with Crippen molar-refractivity contribution >= 4 is 0 Å². The van der Waals surface area contributed by atoms with Crippen LogP contribution >= 0.6 is 0 Å². The number of alkyl halides is 1. The Balaban J connectivity index is 2.83. The highest BCUT2D eigenvalue weighted by molar-refractivity contribution is 4.39. The van der Waals surface area contributed by atoms with Gasteiger partial charge in [-0.25, -0.2) is 4.39 Å². The number of hydrogen-bond acceptors (Lipinski definition) is 2. The van der Waals surface area contributed by atoms with Crippen LogP contribution in [-0.4, -0.2) is 20.0 Å². The molecule has 0 saturated carbocycles. The molecule has 0 amide bonds. The van der Waals surface area contributed by atoms with Crippen LogP contribution in [0.3, 0.4) is 0 Å². The second kappa shape index (κ2) is 4.02. The molecule has 0 bridgehead atoms. The van der Waals surface area contributed by atoms with Gasteiger partial charge in [0, 0.05) is 13.5 Å². The summed E-state index contributed by atoms with van der Waals surface area (Å²) in [5, 5.41) is 0. The lowest BCUT2D eigenvalue weighted by atomic mass is 10.4. The lowest BCUT2D eigenvalue weighted by molar-refractivity contribution is -0.00848. The second-order valence-corrected chi connectivity index (χ2v) is 1.22. The molecule has 0 heterocycles. The first-order valence-electron chi connectivity index (χ1n) is 2.18. The van der Waals surface area contributed by atoms with Gasteiger partial charge in [-0.1, -0.05) is 0 Å². The Morgan fingerprint density at radius 3 is 2.57 bits per heavy atom. The van der Waals surface area contributed by atoms with E-state index in [-0.39, 0.29) is 6.42 Å². The zero-order valence-electron chi connectivity index (χ0n) is 4.36. The Morgan fingerprint density at radius 2 is 2.43 bits per heavy atom. The molecule has 0 aromatic heterocycles. The van der Waals surface area contributed by atoms with Gasteiger partial charge < -0.3 is 10.5 Å². The van der Waals surface area contributed by atoms with Crippen LogP contribution in [0.4, 0.5) is 4.39 Å². The Labute approximate surface area is 42.5 Å². The maximum Gasteiger partial charge on any atom is 0.199 e. The fraction of sp³-hybridized carbons (Fsp3) is 1.00. The van der Waals surface area contributed by atoms with Crippen molar-refractivity contribution in [3.63, 3.8) is 0 Å². The quantitative estimate of drug-likeness (QED) is 0.562. The number of halogens is 1. The van der Waals surface area contributed by atoms with Crippen LogP contribution in [0.25, 0.3) is 0 Å². The molecule has 0 radical (unpaired) electrons. The van der Waals surface area contributed by atoms with E-state index >= 15 is 0 Å². The predicted molar refractivity (Wildman–Crippen MR) is 25.6 cm³/mol. The van der Waals surface area contributed by atoms with Crippen LogP contribution in [0.15, 0.2) is 0 Å². The molecule has 0 aliphatic heterocycles. The molecule has 0 aliphatic rings. The summed E-state index contributed by atoms with van der Waals surface area (Å²) >= 11 is 0. The summed E-state index contributed by atoms with van der Waals surface area (Å²) in [7, 11) is 1.32. The number of hydrogen-bond donors (Lipinski definition) is 1. The molecule has 0 fully saturated rings. The molecule has 2 nitrogen and oxygen atoms in total. The van der Waals surface area contributed by atoms with Gasteiger partial charge >= 0.3 is 0 Å². The van der Waals surface area contributed by atoms with E-state index in [1.807, 2.05) is 0 Å². The Bertz CT molecular complexity index is 42.7. The van der Waals surface area contributed by atoms with Crippen molar-refractivity contribution in [2.45, 2.75) is 12.8 Å². The zero-order chi connectivity index (χ0) is 5.70. The van der Waals surface area contributed by atoms with Crippen LogP contribution in [0.5, 0.6) is 0 Å². The van der Waals surface area contributed by atoms with Crippen molar-refractivity contribution in [2.75, 3.05) is 13.7 Å². The van der Waals surface area contributed by atoms with Crippen LogP contribution in [0, 0.1) is 0 Å². The number of methoxy groups -OCH3 is 1. The number of ether oxygens (including phenoxy) is 1. The zero-order valence-corrected chi connectivity index (χ0v) is 4.36. The summed E-state index contributed by atoms with van der Waals surface area (Å²) in [6.07, 6.45) is -0.888. The van der Waals surface area contributed by atoms with Gasteiger partial charge in [-0.15, -0.1) is 0 Å². The van der Waals surface area contributed by atoms with Crippen LogP contribution in [0.1, 0.15) is 6.42 Å². The van der Waals surface area contributed by atoms with Gasteiger partial charge in [-0.3, -0.25) is 0 Å². The monoisotopic (exact) mass is 107 g/mol. The van der Waals surface area contributed by atoms with Crippen LogP contribution in [0.2, 0.25) is 0 Å². The van der Waals surface area contributed by atoms with E-state index in [1.165, 1.54) is 7.11 Å². The normalized spacial score (nSPS) is 14.1. The molecule has 0 aromatic rings. The summed E-state index contributed by atoms with van der Waals surface area (Å²) in [4.78, 5) is 0. The first-order valence-corrected chi connectivity index (χ1v) is 2.18. The summed E-state index contributed by atoms with van der Waals surface area (Å²) in [6.45, 7) is 0.342. The van der Waals surface area contributed by atoms with Gasteiger partial charge in [0.2, 0.25) is 0 Å². The van der Waals surface area contributed by atoms with Crippen LogP contribution < -0.4 is 5.73 Å². The van der Waals surface area contributed by atoms with Gasteiger partial charge in [0.15, 0.2) is 6.36 Å². The summed E-state index contributed by atoms with van der Waals surface area (Å²) < 4.78 is 16.1. The third kappa shape index (κ3) is 3.69. The smallest absolute Gasteiger partial charge is 0.199 e. The average Bonchev–Trinajstić information content (AvgIpc) is 1.68. The molecular weight excluding hydrogens is 97.0 g/mol. The number of rotatable bonds is 3. The largest absolute Gasteiger partial charge is 0.351 e. The maximum atomic E-state index is 11.8. The standard InChI is InChI=1S/C4H10FNO/c1-7-4(5)2-3-6/h4H,2-3,6H2,1H3. The molecule has 1 atom stereocenters. The molecule has 1 unspecified atom stereocenters. The third-order valence-corrected chi connectivity index (χ3v) is 0.649. The van der Waals surface area contributed by atoms with Crippen molar-refractivity contribution < 1.29 is 9.13 Å². The minimum Gasteiger partial charge on any atom is -0.351 e. The van der Waals surface area contributed by atoms with Crippen molar-refractivity contribution in [2.24, 2.45) is 5.73 Å². The average molecular weight is 107 g/mol. The van der Waals surface area contributed by atoms with E-state index in [0.29, 0.717) is 6.54 Å². The van der Waals surface area contributed by atoms with E-state index in [4.69, 9.17) is 5.73 Å². The van der Waals surface area contributed by atoms with Gasteiger partial charge in [-0.05, 0) is 6.54 Å². The lowest BCUT2D eigenvalue weighted by Gasteiger charge is -2.00. The van der Waals surface area contributed by atoms with Gasteiger partial charge in [0.1, 0.15) is 0 Å². The fourth-order valence-electron chi connectivity index (χ4n) is 0.249. The van der Waals surface area contributed by atoms with E-state index in [1.54, 1.807) is 0 Å². The molecular formula is C4H10FNO. The minimum atomic E-state index is -1.18. The van der Waals surface area contributed by atoms with E-state index < -0.39 is 6.36 Å². The minimum absolute atomic E-state index is 0.288. The Hall–Kier alpha value is -0.150. The molecule has 2 N–H and O–H groups in total. The van der Waals surface area contributed by atoms with Gasteiger partial charge in [-0.2, -0.15) is 0 Å². The lowest BCUT2D eigenvalue weighted by Crippen LogP contribution is -2.10. The summed E-state index contributed by atoms with van der Waals surface area (Å²) in [5.41, 5.74) is 4.99. The molecule has 0 rings (SSSR count). The highest BCUT2D eigenvalue weighted by Gasteiger charge is 1.98. The summed E-state index contributed by atoms with van der Waals surface area (Å²) in [5.74, 6) is 0. The fourth-order valence-corrected chi connectivity index (χ4v) is 0.249. The maximum absolute atomic E-state index is 11.8. The Kier molecular flexibility index (Phi) is 3.93. The molecule has 7 heavy (non-hydrogen) atoms. The molecule has 0 spiro atoms. The summed E-state index contributed by atoms with van der Waals surface area (Å²) in [6, 6.07) is 0. The first-order chi connectivity index (χ1) is 3.31. The molecule has 0 aliphatic carbocycles. The van der Waals surface area contributed by atoms with Gasteiger partial charge in [0.25, 0.3) is 0 Å². The third-order valence-electron chi connectivity index (χ3n) is 0.649. The van der Waals surface area contributed by atoms with Crippen molar-refractivity contribution in [1.82, 2.24) is 0 Å². The van der Waals surface area contributed by atoms with Crippen molar-refractivity contribution in [1.29, 1.82) is 0 Å². The van der Waals surface area contributed by atoms with Crippen molar-refractivity contribution in [3.8, 4) is 0 Å². The molecule has 0 saturated heterocycles. The predicted octanol–water partition coefficient (Wildman–Crippen LogP) is 0.277. The SMILES string of the molecule is COC(F)CCN. The van der Waals surface area contributed by atoms with Crippen molar-refractivity contribution in [3.05, 3.63) is 0 Å².